The van der Waals surface area contributed by atoms with Crippen LogP contribution in [0.3, 0.4) is 0 Å². The smallest absolute Gasteiger partial charge is 0.224 e. The first-order chi connectivity index (χ1) is 15.2. The lowest BCUT2D eigenvalue weighted by Crippen LogP contribution is -2.45. The summed E-state index contributed by atoms with van der Waals surface area (Å²) in [6, 6.07) is 16.2. The van der Waals surface area contributed by atoms with E-state index in [1.165, 1.54) is 5.56 Å². The van der Waals surface area contributed by atoms with Gasteiger partial charge in [0.15, 0.2) is 0 Å². The number of nitrogens with one attached hydrogen (secondary N) is 1. The minimum absolute atomic E-state index is 0.00745. The van der Waals surface area contributed by atoms with Crippen molar-refractivity contribution in [2.24, 2.45) is 0 Å². The molecule has 8 nitrogen and oxygen atoms in total. The molecule has 0 radical (unpaired) electrons. The third kappa shape index (κ3) is 5.96. The van der Waals surface area contributed by atoms with Crippen LogP contribution in [0.25, 0.3) is 5.69 Å². The molecule has 1 amide bonds. The molecule has 8 heteroatoms. The van der Waals surface area contributed by atoms with Crippen molar-refractivity contribution in [1.82, 2.24) is 35.3 Å². The van der Waals surface area contributed by atoms with Gasteiger partial charge in [0.25, 0.3) is 0 Å². The van der Waals surface area contributed by atoms with E-state index in [9.17, 15) is 4.79 Å². The number of benzene rings is 2. The third-order valence-electron chi connectivity index (χ3n) is 5.75. The molecule has 0 bridgehead atoms. The second-order valence-corrected chi connectivity index (χ2v) is 7.90. The fraction of sp³-hybridized carbons (Fsp3) is 0.391. The summed E-state index contributed by atoms with van der Waals surface area (Å²) in [4.78, 5) is 17.3. The number of aromatic nitrogens is 4. The Balaban J connectivity index is 1.21. The van der Waals surface area contributed by atoms with Gasteiger partial charge in [0.05, 0.1) is 12.1 Å². The van der Waals surface area contributed by atoms with Crippen LogP contribution in [-0.4, -0.2) is 68.6 Å². The van der Waals surface area contributed by atoms with E-state index in [1.54, 1.807) is 11.0 Å². The summed E-state index contributed by atoms with van der Waals surface area (Å²) in [5, 5.41) is 14.1. The maximum absolute atomic E-state index is 12.3. The maximum atomic E-state index is 12.3. The summed E-state index contributed by atoms with van der Waals surface area (Å²) in [6.45, 7) is 9.45. The molecule has 0 aliphatic carbocycles. The topological polar surface area (TPSA) is 79.2 Å². The molecular weight excluding hydrogens is 390 g/mol. The van der Waals surface area contributed by atoms with Crippen molar-refractivity contribution >= 4 is 5.91 Å². The quantitative estimate of drug-likeness (QED) is 0.598. The monoisotopic (exact) mass is 419 g/mol. The van der Waals surface area contributed by atoms with Gasteiger partial charge in [-0.15, -0.1) is 5.10 Å². The van der Waals surface area contributed by atoms with E-state index in [0.29, 0.717) is 13.0 Å². The van der Waals surface area contributed by atoms with E-state index < -0.39 is 0 Å². The number of hydrogen-bond donors (Lipinski definition) is 1. The highest BCUT2D eigenvalue weighted by Crippen LogP contribution is 2.11. The van der Waals surface area contributed by atoms with Crippen molar-refractivity contribution in [3.63, 3.8) is 0 Å². The van der Waals surface area contributed by atoms with Gasteiger partial charge in [0, 0.05) is 39.3 Å². The van der Waals surface area contributed by atoms with Crippen LogP contribution in [-0.2, 0) is 24.3 Å². The predicted octanol–water partition coefficient (Wildman–Crippen LogP) is 1.66. The molecule has 0 atom stereocenters. The SMILES string of the molecule is CCN1CCN(Cc2ccc(CNC(=O)Cc3ccc(-n4cnnn4)cc3)cc2)CC1. The van der Waals surface area contributed by atoms with E-state index in [4.69, 9.17) is 0 Å². The van der Waals surface area contributed by atoms with Crippen LogP contribution in [0.1, 0.15) is 23.6 Å². The molecule has 0 unspecified atom stereocenters. The van der Waals surface area contributed by atoms with Crippen LogP contribution >= 0.6 is 0 Å². The molecule has 0 saturated carbocycles. The van der Waals surface area contributed by atoms with E-state index in [2.05, 4.69) is 61.8 Å². The molecule has 0 spiro atoms. The van der Waals surface area contributed by atoms with Crippen LogP contribution in [0.15, 0.2) is 54.9 Å². The lowest BCUT2D eigenvalue weighted by molar-refractivity contribution is -0.120. The summed E-state index contributed by atoms with van der Waals surface area (Å²) in [7, 11) is 0. The summed E-state index contributed by atoms with van der Waals surface area (Å²) >= 11 is 0. The Kier molecular flexibility index (Phi) is 7.01. The Hall–Kier alpha value is -3.10. The average Bonchev–Trinajstić information content (AvgIpc) is 3.35. The van der Waals surface area contributed by atoms with Crippen LogP contribution < -0.4 is 5.32 Å². The van der Waals surface area contributed by atoms with Crippen LogP contribution in [0, 0.1) is 0 Å². The lowest BCUT2D eigenvalue weighted by Gasteiger charge is -2.34. The van der Waals surface area contributed by atoms with Crippen molar-refractivity contribution in [2.45, 2.75) is 26.4 Å². The van der Waals surface area contributed by atoms with Crippen LogP contribution in [0.2, 0.25) is 0 Å². The first-order valence-corrected chi connectivity index (χ1v) is 10.8. The van der Waals surface area contributed by atoms with E-state index in [1.807, 2.05) is 24.3 Å². The zero-order valence-corrected chi connectivity index (χ0v) is 17.9. The van der Waals surface area contributed by atoms with Crippen molar-refractivity contribution in [2.75, 3.05) is 32.7 Å². The second-order valence-electron chi connectivity index (χ2n) is 7.90. The third-order valence-corrected chi connectivity index (χ3v) is 5.75. The minimum atomic E-state index is 0.00745. The van der Waals surface area contributed by atoms with E-state index >= 15 is 0 Å². The lowest BCUT2D eigenvalue weighted by atomic mass is 10.1. The molecule has 1 N–H and O–H groups in total. The van der Waals surface area contributed by atoms with Gasteiger partial charge in [-0.05, 0) is 45.8 Å². The number of carbonyl (C=O) groups excluding carboxylic acids is 1. The predicted molar refractivity (Wildman–Crippen MR) is 119 cm³/mol. The number of tetrazole rings is 1. The fourth-order valence-electron chi connectivity index (χ4n) is 3.78. The standard InChI is InChI=1S/C23H29N7O/c1-2-28-11-13-29(14-12-28)17-21-5-3-20(4-6-21)16-24-23(31)15-19-7-9-22(10-8-19)30-18-25-26-27-30/h3-10,18H,2,11-17H2,1H3,(H,24,31). The molecule has 1 fully saturated rings. The molecule has 162 valence electrons. The molecule has 1 saturated heterocycles. The number of piperazine rings is 1. The summed E-state index contributed by atoms with van der Waals surface area (Å²) in [6.07, 6.45) is 1.89. The van der Waals surface area contributed by atoms with Crippen LogP contribution in [0.4, 0.5) is 0 Å². The van der Waals surface area contributed by atoms with Gasteiger partial charge in [0.1, 0.15) is 6.33 Å². The zero-order valence-electron chi connectivity index (χ0n) is 17.9. The Labute approximate surface area is 182 Å². The van der Waals surface area contributed by atoms with Gasteiger partial charge >= 0.3 is 0 Å². The minimum Gasteiger partial charge on any atom is -0.352 e. The van der Waals surface area contributed by atoms with Crippen molar-refractivity contribution in [1.29, 1.82) is 0 Å². The molecule has 1 aliphatic heterocycles. The maximum Gasteiger partial charge on any atom is 0.224 e. The Bertz CT molecular complexity index is 947. The Morgan fingerprint density at radius 3 is 2.19 bits per heavy atom. The summed E-state index contributed by atoms with van der Waals surface area (Å²) < 4.78 is 1.58. The summed E-state index contributed by atoms with van der Waals surface area (Å²) in [5.74, 6) is 0.00745. The number of rotatable bonds is 8. The molecule has 3 aromatic rings. The van der Waals surface area contributed by atoms with Gasteiger partial charge in [-0.1, -0.05) is 43.3 Å². The molecule has 1 aliphatic rings. The number of nitrogens with zero attached hydrogens (tertiary/aromatic N) is 6. The number of amides is 1. The molecule has 31 heavy (non-hydrogen) atoms. The molecule has 1 aromatic heterocycles. The largest absolute Gasteiger partial charge is 0.352 e. The van der Waals surface area contributed by atoms with Crippen molar-refractivity contribution in [3.8, 4) is 5.69 Å². The Morgan fingerprint density at radius 1 is 0.903 bits per heavy atom. The van der Waals surface area contributed by atoms with Gasteiger partial charge < -0.3 is 10.2 Å². The first-order valence-electron chi connectivity index (χ1n) is 10.8. The molecular formula is C23H29N7O. The van der Waals surface area contributed by atoms with Gasteiger partial charge in [-0.3, -0.25) is 9.69 Å². The highest BCUT2D eigenvalue weighted by atomic mass is 16.1. The van der Waals surface area contributed by atoms with Crippen LogP contribution in [0.5, 0.6) is 0 Å². The number of carbonyl (C=O) groups is 1. The first kappa shape index (κ1) is 21.1. The zero-order chi connectivity index (χ0) is 21.5. The highest BCUT2D eigenvalue weighted by Gasteiger charge is 2.15. The van der Waals surface area contributed by atoms with Gasteiger partial charge in [0.2, 0.25) is 5.91 Å². The second kappa shape index (κ2) is 10.3. The number of likely N-dealkylation sites (N-methyl/N-ethyl adjacent to an activating group) is 1. The van der Waals surface area contributed by atoms with E-state index in [-0.39, 0.29) is 5.91 Å². The Morgan fingerprint density at radius 2 is 1.55 bits per heavy atom. The number of hydrogen-bond acceptors (Lipinski definition) is 6. The molecule has 2 aromatic carbocycles. The average molecular weight is 420 g/mol. The van der Waals surface area contributed by atoms with Gasteiger partial charge in [-0.2, -0.15) is 0 Å². The molecule has 4 rings (SSSR count). The van der Waals surface area contributed by atoms with E-state index in [0.717, 1.165) is 56.1 Å². The molecule has 2 heterocycles. The van der Waals surface area contributed by atoms with Gasteiger partial charge in [-0.25, -0.2) is 4.68 Å². The summed E-state index contributed by atoms with van der Waals surface area (Å²) in [5.41, 5.74) is 4.25. The highest BCUT2D eigenvalue weighted by molar-refractivity contribution is 5.78. The van der Waals surface area contributed by atoms with Crippen molar-refractivity contribution < 1.29 is 4.79 Å². The fourth-order valence-corrected chi connectivity index (χ4v) is 3.78. The van der Waals surface area contributed by atoms with Crippen molar-refractivity contribution in [3.05, 3.63) is 71.5 Å². The normalized spacial score (nSPS) is 15.1.